The molecule has 1 saturated heterocycles. The van der Waals surface area contributed by atoms with Gasteiger partial charge in [0, 0.05) is 35.2 Å². The van der Waals surface area contributed by atoms with Crippen molar-refractivity contribution in [3.63, 3.8) is 0 Å². The van der Waals surface area contributed by atoms with Crippen molar-refractivity contribution in [3.05, 3.63) is 59.3 Å². The van der Waals surface area contributed by atoms with Crippen LogP contribution < -0.4 is 10.0 Å². The highest BCUT2D eigenvalue weighted by Crippen LogP contribution is 2.39. The molecule has 160 valence electrons. The number of aromatic amines is 1. The van der Waals surface area contributed by atoms with Gasteiger partial charge >= 0.3 is 7.60 Å². The molecule has 2 aromatic carbocycles. The molecule has 3 N–H and O–H groups in total. The molecule has 30 heavy (non-hydrogen) atoms. The van der Waals surface area contributed by atoms with Crippen LogP contribution in [0, 0.1) is 12.8 Å². The fraction of sp³-hybridized carbons (Fsp3) is 0.391. The summed E-state index contributed by atoms with van der Waals surface area (Å²) in [5, 5.41) is 1.25. The Morgan fingerprint density at radius 1 is 1.23 bits per heavy atom. The highest BCUT2D eigenvalue weighted by atomic mass is 31.2. The van der Waals surface area contributed by atoms with Crippen LogP contribution in [-0.2, 0) is 11.1 Å². The van der Waals surface area contributed by atoms with Crippen LogP contribution in [0.15, 0.2) is 42.6 Å². The standard InChI is InChI=1S/C23H29N2O4P/c1-15-9-11-25(21(12-15)17-4-6-18(7-5-17)30(26,27)28)14-20-19-8-10-24-23(19)16(2)13-22(20)29-3/h4-8,10,13,15,21,24H,9,11-12,14H2,1-3H3,(H2,26,27,28). The van der Waals surface area contributed by atoms with E-state index in [0.717, 1.165) is 48.3 Å². The molecule has 6 nitrogen and oxygen atoms in total. The van der Waals surface area contributed by atoms with E-state index in [1.165, 1.54) is 10.9 Å². The monoisotopic (exact) mass is 428 g/mol. The van der Waals surface area contributed by atoms with Crippen LogP contribution in [0.1, 0.15) is 42.5 Å². The SMILES string of the molecule is COc1cc(C)c2[nH]ccc2c1CN1CCC(C)CC1c1ccc(P(=O)(O)O)cc1. The Morgan fingerprint density at radius 3 is 2.63 bits per heavy atom. The maximum absolute atomic E-state index is 11.5. The third kappa shape index (κ3) is 4.06. The predicted molar refractivity (Wildman–Crippen MR) is 119 cm³/mol. The van der Waals surface area contributed by atoms with E-state index in [1.807, 2.05) is 18.3 Å². The van der Waals surface area contributed by atoms with Crippen molar-refractivity contribution in [1.82, 2.24) is 9.88 Å². The molecule has 1 aliphatic heterocycles. The molecule has 1 aromatic heterocycles. The number of nitrogens with one attached hydrogen (secondary N) is 1. The van der Waals surface area contributed by atoms with Crippen LogP contribution in [0.5, 0.6) is 5.75 Å². The molecule has 1 aliphatic rings. The van der Waals surface area contributed by atoms with E-state index in [2.05, 4.69) is 35.9 Å². The van der Waals surface area contributed by atoms with Gasteiger partial charge in [-0.15, -0.1) is 0 Å². The number of ether oxygens (including phenoxy) is 1. The minimum absolute atomic E-state index is 0.0656. The lowest BCUT2D eigenvalue weighted by atomic mass is 9.87. The third-order valence-corrected chi connectivity index (χ3v) is 7.25. The number of fused-ring (bicyclic) bond motifs is 1. The van der Waals surface area contributed by atoms with E-state index in [0.29, 0.717) is 5.92 Å². The Labute approximate surface area is 177 Å². The van der Waals surface area contributed by atoms with Gasteiger partial charge in [0.05, 0.1) is 12.4 Å². The van der Waals surface area contributed by atoms with Crippen LogP contribution in [0.4, 0.5) is 0 Å². The number of aromatic nitrogens is 1. The molecule has 2 atom stereocenters. The highest BCUT2D eigenvalue weighted by molar-refractivity contribution is 7.60. The summed E-state index contributed by atoms with van der Waals surface area (Å²) in [6.45, 7) is 6.08. The first-order valence-corrected chi connectivity index (χ1v) is 11.9. The van der Waals surface area contributed by atoms with Crippen molar-refractivity contribution < 1.29 is 19.1 Å². The average Bonchev–Trinajstić information content (AvgIpc) is 3.21. The van der Waals surface area contributed by atoms with Crippen LogP contribution in [0.2, 0.25) is 0 Å². The number of piperidine rings is 1. The topological polar surface area (TPSA) is 85.8 Å². The first kappa shape index (κ1) is 21.1. The van der Waals surface area contributed by atoms with Gasteiger partial charge in [-0.2, -0.15) is 0 Å². The zero-order valence-electron chi connectivity index (χ0n) is 17.6. The molecule has 0 aliphatic carbocycles. The summed E-state index contributed by atoms with van der Waals surface area (Å²) in [4.78, 5) is 24.6. The van der Waals surface area contributed by atoms with Crippen molar-refractivity contribution in [2.45, 2.75) is 39.3 Å². The molecule has 2 heterocycles. The molecule has 0 spiro atoms. The second-order valence-corrected chi connectivity index (χ2v) is 10.00. The van der Waals surface area contributed by atoms with Gasteiger partial charge in [-0.05, 0) is 67.6 Å². The molecule has 7 heteroatoms. The second-order valence-electron chi connectivity index (χ2n) is 8.39. The summed E-state index contributed by atoms with van der Waals surface area (Å²) in [5.74, 6) is 1.49. The smallest absolute Gasteiger partial charge is 0.356 e. The van der Waals surface area contributed by atoms with Crippen LogP contribution in [-0.4, -0.2) is 33.3 Å². The predicted octanol–water partition coefficient (Wildman–Crippen LogP) is 4.26. The van der Waals surface area contributed by atoms with Crippen molar-refractivity contribution in [1.29, 1.82) is 0 Å². The summed E-state index contributed by atoms with van der Waals surface area (Å²) in [5.41, 5.74) is 4.56. The Hall–Kier alpha value is -2.11. The maximum atomic E-state index is 11.5. The van der Waals surface area contributed by atoms with Crippen molar-refractivity contribution >= 4 is 23.8 Å². The first-order valence-electron chi connectivity index (χ1n) is 10.3. The van der Waals surface area contributed by atoms with E-state index in [-0.39, 0.29) is 11.3 Å². The van der Waals surface area contributed by atoms with Crippen molar-refractivity contribution in [2.24, 2.45) is 5.92 Å². The molecule has 4 rings (SSSR count). The van der Waals surface area contributed by atoms with Gasteiger partial charge in [0.25, 0.3) is 0 Å². The van der Waals surface area contributed by atoms with E-state index < -0.39 is 7.60 Å². The average molecular weight is 428 g/mol. The fourth-order valence-electron chi connectivity index (χ4n) is 4.60. The summed E-state index contributed by atoms with van der Waals surface area (Å²) in [6, 6.07) is 11.2. The van der Waals surface area contributed by atoms with Crippen LogP contribution in [0.25, 0.3) is 10.9 Å². The number of hydrogen-bond acceptors (Lipinski definition) is 3. The third-order valence-electron chi connectivity index (χ3n) is 6.28. The van der Waals surface area contributed by atoms with Gasteiger partial charge < -0.3 is 19.5 Å². The first-order chi connectivity index (χ1) is 14.3. The quantitative estimate of drug-likeness (QED) is 0.529. The van der Waals surface area contributed by atoms with Gasteiger partial charge in [-0.1, -0.05) is 19.1 Å². The normalized spacial score (nSPS) is 20.6. The van der Waals surface area contributed by atoms with Crippen molar-refractivity contribution in [3.8, 4) is 5.75 Å². The zero-order valence-corrected chi connectivity index (χ0v) is 18.5. The van der Waals surface area contributed by atoms with Crippen molar-refractivity contribution in [2.75, 3.05) is 13.7 Å². The minimum Gasteiger partial charge on any atom is -0.496 e. The van der Waals surface area contributed by atoms with Gasteiger partial charge in [-0.25, -0.2) is 0 Å². The Bertz CT molecular complexity index is 1090. The van der Waals surface area contributed by atoms with E-state index in [4.69, 9.17) is 4.74 Å². The van der Waals surface area contributed by atoms with E-state index in [1.54, 1.807) is 19.2 Å². The number of nitrogens with zero attached hydrogens (tertiary/aromatic N) is 1. The summed E-state index contributed by atoms with van der Waals surface area (Å²) in [7, 11) is -2.51. The number of aryl methyl sites for hydroxylation is 1. The molecular weight excluding hydrogens is 399 g/mol. The zero-order chi connectivity index (χ0) is 21.5. The minimum atomic E-state index is -4.23. The summed E-state index contributed by atoms with van der Waals surface area (Å²) in [6.07, 6.45) is 4.11. The number of benzene rings is 2. The number of H-pyrrole nitrogens is 1. The largest absolute Gasteiger partial charge is 0.496 e. The van der Waals surface area contributed by atoms with E-state index in [9.17, 15) is 14.4 Å². The van der Waals surface area contributed by atoms with Gasteiger partial charge in [0.15, 0.2) is 0 Å². The van der Waals surface area contributed by atoms with Gasteiger partial charge in [0.1, 0.15) is 5.75 Å². The fourth-order valence-corrected chi connectivity index (χ4v) is 5.14. The van der Waals surface area contributed by atoms with E-state index >= 15 is 0 Å². The molecule has 0 radical (unpaired) electrons. The Morgan fingerprint density at radius 2 is 1.97 bits per heavy atom. The lowest BCUT2D eigenvalue weighted by Gasteiger charge is -2.39. The lowest BCUT2D eigenvalue weighted by molar-refractivity contribution is 0.110. The molecule has 1 fully saturated rings. The molecular formula is C23H29N2O4P. The Balaban J connectivity index is 1.69. The molecule has 0 bridgehead atoms. The number of likely N-dealkylation sites (tertiary alicyclic amines) is 1. The highest BCUT2D eigenvalue weighted by Gasteiger charge is 2.29. The summed E-state index contributed by atoms with van der Waals surface area (Å²) >= 11 is 0. The second kappa shape index (κ2) is 8.20. The molecule has 3 aromatic rings. The molecule has 0 amide bonds. The number of hydrogen-bond donors (Lipinski definition) is 3. The van der Waals surface area contributed by atoms with Gasteiger partial charge in [-0.3, -0.25) is 9.46 Å². The summed E-state index contributed by atoms with van der Waals surface area (Å²) < 4.78 is 17.3. The molecule has 2 unspecified atom stereocenters. The van der Waals surface area contributed by atoms with Crippen LogP contribution in [0.3, 0.4) is 0 Å². The van der Waals surface area contributed by atoms with Crippen LogP contribution >= 0.6 is 7.60 Å². The molecule has 0 saturated carbocycles. The lowest BCUT2D eigenvalue weighted by Crippen LogP contribution is -2.36. The van der Waals surface area contributed by atoms with Gasteiger partial charge in [0.2, 0.25) is 0 Å². The Kier molecular flexibility index (Phi) is 5.78. The number of rotatable bonds is 5. The maximum Gasteiger partial charge on any atom is 0.356 e. The number of methoxy groups -OCH3 is 1.